The first-order valence-electron chi connectivity index (χ1n) is 10.2. The van der Waals surface area contributed by atoms with E-state index in [1.54, 1.807) is 30.5 Å². The maximum Gasteiger partial charge on any atom is 0.240 e. The molecule has 7 nitrogen and oxygen atoms in total. The highest BCUT2D eigenvalue weighted by Crippen LogP contribution is 2.35. The summed E-state index contributed by atoms with van der Waals surface area (Å²) in [5.41, 5.74) is 1.03. The summed E-state index contributed by atoms with van der Waals surface area (Å²) in [6, 6.07) is 10.9. The fourth-order valence-corrected chi connectivity index (χ4v) is 5.76. The van der Waals surface area contributed by atoms with Crippen molar-refractivity contribution in [1.82, 2.24) is 19.5 Å². The van der Waals surface area contributed by atoms with Crippen LogP contribution in [0.5, 0.6) is 0 Å². The lowest BCUT2D eigenvalue weighted by atomic mass is 9.95. The Bertz CT molecular complexity index is 1050. The van der Waals surface area contributed by atoms with Crippen LogP contribution in [0, 0.1) is 6.92 Å². The second kappa shape index (κ2) is 9.36. The summed E-state index contributed by atoms with van der Waals surface area (Å²) in [6.07, 6.45) is 7.49. The number of furan rings is 1. The largest absolute Gasteiger partial charge is 0.461 e. The minimum absolute atomic E-state index is 0.281. The van der Waals surface area contributed by atoms with Gasteiger partial charge in [0.25, 0.3) is 0 Å². The Morgan fingerprint density at radius 3 is 2.60 bits per heavy atom. The van der Waals surface area contributed by atoms with Crippen LogP contribution in [0.4, 0.5) is 0 Å². The zero-order chi connectivity index (χ0) is 21.0. The third-order valence-corrected chi connectivity index (χ3v) is 7.72. The van der Waals surface area contributed by atoms with Crippen LogP contribution in [0.3, 0.4) is 0 Å². The van der Waals surface area contributed by atoms with E-state index in [1.807, 2.05) is 19.1 Å². The number of benzene rings is 1. The summed E-state index contributed by atoms with van der Waals surface area (Å²) in [5, 5.41) is 9.57. The molecular formula is C21H26N4O3S2. The van der Waals surface area contributed by atoms with Gasteiger partial charge in [0.05, 0.1) is 11.2 Å². The van der Waals surface area contributed by atoms with Crippen molar-refractivity contribution in [3.05, 3.63) is 48.2 Å². The smallest absolute Gasteiger partial charge is 0.240 e. The van der Waals surface area contributed by atoms with Gasteiger partial charge in [-0.15, -0.1) is 10.2 Å². The second-order valence-corrected chi connectivity index (χ2v) is 10.3. The van der Waals surface area contributed by atoms with Gasteiger partial charge >= 0.3 is 0 Å². The maximum atomic E-state index is 12.5. The topological polar surface area (TPSA) is 90.0 Å². The molecule has 0 spiro atoms. The third-order valence-electron chi connectivity index (χ3n) is 5.30. The Kier molecular flexibility index (Phi) is 6.60. The lowest BCUT2D eigenvalue weighted by Gasteiger charge is -2.25. The quantitative estimate of drug-likeness (QED) is 0.407. The number of thioether (sulfide) groups is 1. The molecule has 30 heavy (non-hydrogen) atoms. The van der Waals surface area contributed by atoms with Crippen LogP contribution in [-0.2, 0) is 10.0 Å². The molecule has 1 aliphatic carbocycles. The van der Waals surface area contributed by atoms with Crippen molar-refractivity contribution in [3.63, 3.8) is 0 Å². The Labute approximate surface area is 181 Å². The van der Waals surface area contributed by atoms with E-state index >= 15 is 0 Å². The first-order valence-corrected chi connectivity index (χ1v) is 12.7. The molecular weight excluding hydrogens is 420 g/mol. The molecule has 2 heterocycles. The van der Waals surface area contributed by atoms with Gasteiger partial charge in [0.15, 0.2) is 10.9 Å². The molecule has 0 aliphatic heterocycles. The number of sulfonamides is 1. The van der Waals surface area contributed by atoms with E-state index in [0.29, 0.717) is 24.1 Å². The van der Waals surface area contributed by atoms with Crippen LogP contribution < -0.4 is 4.72 Å². The van der Waals surface area contributed by atoms with Crippen molar-refractivity contribution in [2.24, 2.45) is 0 Å². The molecule has 160 valence electrons. The second-order valence-electron chi connectivity index (χ2n) is 7.50. The molecule has 0 unspecified atom stereocenters. The van der Waals surface area contributed by atoms with Gasteiger partial charge in [-0.05, 0) is 44.0 Å². The van der Waals surface area contributed by atoms with E-state index in [2.05, 4.69) is 19.5 Å². The SMILES string of the molecule is Cc1ccc(S(=O)(=O)NCCSc2nnc(-c3ccco3)n2C2CCCCC2)cc1. The molecule has 0 atom stereocenters. The molecule has 0 radical (unpaired) electrons. The summed E-state index contributed by atoms with van der Waals surface area (Å²) in [7, 11) is -3.51. The first-order chi connectivity index (χ1) is 14.5. The van der Waals surface area contributed by atoms with Crippen molar-refractivity contribution in [2.75, 3.05) is 12.3 Å². The van der Waals surface area contributed by atoms with Crippen molar-refractivity contribution in [3.8, 4) is 11.6 Å². The van der Waals surface area contributed by atoms with Crippen LogP contribution in [0.2, 0.25) is 0 Å². The van der Waals surface area contributed by atoms with E-state index < -0.39 is 10.0 Å². The minimum Gasteiger partial charge on any atom is -0.461 e. The fraction of sp³-hybridized carbons (Fsp3) is 0.429. The van der Waals surface area contributed by atoms with Gasteiger partial charge < -0.3 is 4.42 Å². The monoisotopic (exact) mass is 446 g/mol. The number of hydrogen-bond donors (Lipinski definition) is 1. The first kappa shape index (κ1) is 21.1. The van der Waals surface area contributed by atoms with E-state index in [-0.39, 0.29) is 4.90 Å². The molecule has 4 rings (SSSR count). The number of nitrogens with zero attached hydrogens (tertiary/aromatic N) is 3. The van der Waals surface area contributed by atoms with Crippen LogP contribution in [0.15, 0.2) is 57.1 Å². The predicted octanol–water partition coefficient (Wildman–Crippen LogP) is 4.42. The normalized spacial score (nSPS) is 15.5. The molecule has 1 N–H and O–H groups in total. The molecule has 1 saturated carbocycles. The third kappa shape index (κ3) is 4.79. The van der Waals surface area contributed by atoms with Gasteiger partial charge in [-0.3, -0.25) is 4.57 Å². The number of hydrogen-bond acceptors (Lipinski definition) is 6. The highest BCUT2D eigenvalue weighted by atomic mass is 32.2. The average molecular weight is 447 g/mol. The van der Waals surface area contributed by atoms with Crippen LogP contribution in [-0.4, -0.2) is 35.5 Å². The Morgan fingerprint density at radius 1 is 1.13 bits per heavy atom. The molecule has 9 heteroatoms. The summed E-state index contributed by atoms with van der Waals surface area (Å²) >= 11 is 1.52. The van der Waals surface area contributed by atoms with Gasteiger partial charge in [0.2, 0.25) is 15.8 Å². The number of aromatic nitrogens is 3. The lowest BCUT2D eigenvalue weighted by molar-refractivity contribution is 0.337. The van der Waals surface area contributed by atoms with E-state index in [0.717, 1.165) is 29.4 Å². The molecule has 2 aromatic heterocycles. The average Bonchev–Trinajstić information content (AvgIpc) is 3.42. The van der Waals surface area contributed by atoms with Gasteiger partial charge in [0.1, 0.15) is 0 Å². The summed E-state index contributed by atoms with van der Waals surface area (Å²) in [6.45, 7) is 2.24. The maximum absolute atomic E-state index is 12.5. The predicted molar refractivity (Wildman–Crippen MR) is 117 cm³/mol. The van der Waals surface area contributed by atoms with Gasteiger partial charge in [-0.25, -0.2) is 13.1 Å². The van der Waals surface area contributed by atoms with E-state index in [9.17, 15) is 8.42 Å². The fourth-order valence-electron chi connectivity index (χ4n) is 3.74. The zero-order valence-corrected chi connectivity index (χ0v) is 18.6. The minimum atomic E-state index is -3.51. The number of aryl methyl sites for hydroxylation is 1. The Morgan fingerprint density at radius 2 is 1.90 bits per heavy atom. The summed E-state index contributed by atoms with van der Waals surface area (Å²) in [5.74, 6) is 2.02. The van der Waals surface area contributed by atoms with Gasteiger partial charge in [-0.1, -0.05) is 48.7 Å². The van der Waals surface area contributed by atoms with Crippen LogP contribution in [0.1, 0.15) is 43.7 Å². The van der Waals surface area contributed by atoms with Crippen LogP contribution >= 0.6 is 11.8 Å². The van der Waals surface area contributed by atoms with Gasteiger partial charge in [-0.2, -0.15) is 0 Å². The van der Waals surface area contributed by atoms with Crippen molar-refractivity contribution < 1.29 is 12.8 Å². The summed E-state index contributed by atoms with van der Waals surface area (Å²) in [4.78, 5) is 0.281. The van der Waals surface area contributed by atoms with Crippen LogP contribution in [0.25, 0.3) is 11.6 Å². The lowest BCUT2D eigenvalue weighted by Crippen LogP contribution is -2.26. The molecule has 3 aromatic rings. The Balaban J connectivity index is 1.44. The molecule has 1 fully saturated rings. The standard InChI is InChI=1S/C21H26N4O3S2/c1-16-9-11-18(12-10-16)30(26,27)22-13-15-29-21-24-23-20(19-8-5-14-28-19)25(21)17-6-3-2-4-7-17/h5,8-12,14,17,22H,2-4,6-7,13,15H2,1H3. The molecule has 0 bridgehead atoms. The molecule has 0 amide bonds. The molecule has 1 aromatic carbocycles. The highest BCUT2D eigenvalue weighted by Gasteiger charge is 2.25. The van der Waals surface area contributed by atoms with Crippen molar-refractivity contribution >= 4 is 21.8 Å². The molecule has 0 saturated heterocycles. The Hall–Kier alpha value is -2.10. The number of nitrogens with one attached hydrogen (secondary N) is 1. The van der Waals surface area contributed by atoms with E-state index in [1.165, 1.54) is 31.0 Å². The highest BCUT2D eigenvalue weighted by molar-refractivity contribution is 7.99. The van der Waals surface area contributed by atoms with Gasteiger partial charge in [0, 0.05) is 18.3 Å². The van der Waals surface area contributed by atoms with Crippen molar-refractivity contribution in [2.45, 2.75) is 55.1 Å². The van der Waals surface area contributed by atoms with E-state index in [4.69, 9.17) is 4.42 Å². The molecule has 1 aliphatic rings. The number of rotatable bonds is 8. The van der Waals surface area contributed by atoms with Crippen molar-refractivity contribution in [1.29, 1.82) is 0 Å². The summed E-state index contributed by atoms with van der Waals surface area (Å²) < 4.78 is 35.3. The zero-order valence-electron chi connectivity index (χ0n) is 17.0.